The SMILES string of the molecule is CCOc1cc(/C=N/NC(=O)c2ccc(COc3ccc(-n4c(C)ccc4C)cc3)o2)c(Br)c(Br)c1OC(C)=O. The molecule has 0 fully saturated rings. The lowest BCUT2D eigenvalue weighted by atomic mass is 10.2. The first-order valence-corrected chi connectivity index (χ1v) is 13.9. The van der Waals surface area contributed by atoms with E-state index in [1.807, 2.05) is 31.2 Å². The molecule has 0 radical (unpaired) electrons. The summed E-state index contributed by atoms with van der Waals surface area (Å²) in [6.45, 7) is 7.76. The molecule has 0 bridgehead atoms. The number of hydrogen-bond acceptors (Lipinski definition) is 7. The summed E-state index contributed by atoms with van der Waals surface area (Å²) < 4.78 is 25.5. The fourth-order valence-corrected chi connectivity index (χ4v) is 4.82. The Hall–Kier alpha value is -3.83. The topological polar surface area (TPSA) is 104 Å². The lowest BCUT2D eigenvalue weighted by molar-refractivity contribution is -0.132. The molecule has 0 aliphatic carbocycles. The predicted molar refractivity (Wildman–Crippen MR) is 158 cm³/mol. The molecule has 2 aromatic carbocycles. The number of halogens is 2. The van der Waals surface area contributed by atoms with Gasteiger partial charge in [0.15, 0.2) is 17.3 Å². The summed E-state index contributed by atoms with van der Waals surface area (Å²) in [6, 6.07) is 16.8. The number of esters is 1. The van der Waals surface area contributed by atoms with Gasteiger partial charge in [-0.2, -0.15) is 5.10 Å². The summed E-state index contributed by atoms with van der Waals surface area (Å²) in [4.78, 5) is 24.0. The van der Waals surface area contributed by atoms with Crippen LogP contribution in [0.15, 0.2) is 73.1 Å². The van der Waals surface area contributed by atoms with E-state index < -0.39 is 11.9 Å². The highest BCUT2D eigenvalue weighted by molar-refractivity contribution is 9.13. The summed E-state index contributed by atoms with van der Waals surface area (Å²) in [5.74, 6) is 0.841. The molecule has 0 unspecified atom stereocenters. The Kier molecular flexibility index (Phi) is 9.49. The molecular weight excluding hydrogens is 646 g/mol. The van der Waals surface area contributed by atoms with Crippen LogP contribution in [-0.4, -0.2) is 29.3 Å². The zero-order valence-electron chi connectivity index (χ0n) is 22.3. The third kappa shape index (κ3) is 6.83. The van der Waals surface area contributed by atoms with Gasteiger partial charge in [0, 0.05) is 34.0 Å². The minimum Gasteiger partial charge on any atom is -0.490 e. The number of nitrogens with one attached hydrogen (secondary N) is 1. The first-order valence-electron chi connectivity index (χ1n) is 12.3. The maximum Gasteiger partial charge on any atom is 0.308 e. The molecule has 9 nitrogen and oxygen atoms in total. The third-order valence-corrected chi connectivity index (χ3v) is 7.85. The van der Waals surface area contributed by atoms with Gasteiger partial charge in [-0.05, 0) is 107 Å². The molecule has 0 saturated heterocycles. The van der Waals surface area contributed by atoms with Crippen LogP contribution in [-0.2, 0) is 11.4 Å². The number of aromatic nitrogens is 1. The van der Waals surface area contributed by atoms with Crippen LogP contribution in [0.1, 0.15) is 47.1 Å². The summed E-state index contributed by atoms with van der Waals surface area (Å²) in [5, 5.41) is 4.02. The molecule has 0 spiro atoms. The third-order valence-electron chi connectivity index (χ3n) is 5.70. The average Bonchev–Trinajstić information content (AvgIpc) is 3.54. The molecule has 1 N–H and O–H groups in total. The van der Waals surface area contributed by atoms with Gasteiger partial charge in [0.05, 0.1) is 17.3 Å². The van der Waals surface area contributed by atoms with Gasteiger partial charge in [-0.3, -0.25) is 9.59 Å². The van der Waals surface area contributed by atoms with Crippen LogP contribution < -0.4 is 19.6 Å². The standard InChI is InChI=1S/C29H27Br2N3O6/c1-5-37-25-14-20(26(30)27(31)28(25)39-19(4)35)15-32-33-29(36)24-13-12-23(40-24)16-38-22-10-8-21(9-11-22)34-17(2)6-7-18(34)3/h6-15H,5,16H2,1-4H3,(H,33,36)/b32-15+. The lowest BCUT2D eigenvalue weighted by Crippen LogP contribution is -2.17. The molecule has 1 amide bonds. The largest absolute Gasteiger partial charge is 0.490 e. The van der Waals surface area contributed by atoms with Crippen LogP contribution in [0, 0.1) is 13.8 Å². The van der Waals surface area contributed by atoms with Crippen molar-refractivity contribution < 1.29 is 28.2 Å². The van der Waals surface area contributed by atoms with Crippen molar-refractivity contribution in [2.45, 2.75) is 34.3 Å². The molecule has 2 heterocycles. The van der Waals surface area contributed by atoms with E-state index in [9.17, 15) is 9.59 Å². The summed E-state index contributed by atoms with van der Waals surface area (Å²) in [5.41, 5.74) is 6.39. The second-order valence-corrected chi connectivity index (χ2v) is 10.2. The van der Waals surface area contributed by atoms with Crippen molar-refractivity contribution in [1.82, 2.24) is 9.99 Å². The maximum atomic E-state index is 12.6. The Morgan fingerprint density at radius 2 is 1.70 bits per heavy atom. The molecule has 0 aliphatic heterocycles. The number of ether oxygens (including phenoxy) is 3. The second-order valence-electron chi connectivity index (χ2n) is 8.65. The molecule has 4 rings (SSSR count). The molecular formula is C29H27Br2N3O6. The molecule has 0 saturated carbocycles. The highest BCUT2D eigenvalue weighted by Crippen LogP contribution is 2.42. The van der Waals surface area contributed by atoms with Crippen molar-refractivity contribution in [3.63, 3.8) is 0 Å². The Bertz CT molecular complexity index is 1540. The fourth-order valence-electron chi connectivity index (χ4n) is 3.91. The summed E-state index contributed by atoms with van der Waals surface area (Å²) in [6.07, 6.45) is 1.43. The van der Waals surface area contributed by atoms with Crippen LogP contribution in [0.2, 0.25) is 0 Å². The van der Waals surface area contributed by atoms with Crippen molar-refractivity contribution in [2.75, 3.05) is 6.61 Å². The average molecular weight is 673 g/mol. The first kappa shape index (κ1) is 29.2. The van der Waals surface area contributed by atoms with E-state index >= 15 is 0 Å². The molecule has 40 heavy (non-hydrogen) atoms. The number of furan rings is 1. The van der Waals surface area contributed by atoms with Crippen LogP contribution >= 0.6 is 31.9 Å². The van der Waals surface area contributed by atoms with Crippen LogP contribution in [0.25, 0.3) is 5.69 Å². The van der Waals surface area contributed by atoms with Gasteiger partial charge in [-0.25, -0.2) is 5.43 Å². The van der Waals surface area contributed by atoms with Gasteiger partial charge in [0.25, 0.3) is 0 Å². The maximum absolute atomic E-state index is 12.6. The molecule has 208 valence electrons. The van der Waals surface area contributed by atoms with Crippen LogP contribution in [0.5, 0.6) is 17.2 Å². The smallest absolute Gasteiger partial charge is 0.308 e. The van der Waals surface area contributed by atoms with E-state index in [4.69, 9.17) is 18.6 Å². The van der Waals surface area contributed by atoms with Gasteiger partial charge >= 0.3 is 11.9 Å². The molecule has 0 atom stereocenters. The highest BCUT2D eigenvalue weighted by Gasteiger charge is 2.19. The Morgan fingerprint density at radius 3 is 2.35 bits per heavy atom. The van der Waals surface area contributed by atoms with Crippen molar-refractivity contribution >= 4 is 50.0 Å². The summed E-state index contributed by atoms with van der Waals surface area (Å²) >= 11 is 6.86. The number of benzene rings is 2. The van der Waals surface area contributed by atoms with Gasteiger partial charge in [-0.1, -0.05) is 0 Å². The second kappa shape index (κ2) is 13.0. The van der Waals surface area contributed by atoms with Crippen molar-refractivity contribution in [1.29, 1.82) is 0 Å². The predicted octanol–water partition coefficient (Wildman–Crippen LogP) is 6.88. The normalized spacial score (nSPS) is 11.1. The minimum atomic E-state index is -0.527. The number of carbonyl (C=O) groups is 2. The molecule has 2 aromatic heterocycles. The van der Waals surface area contributed by atoms with Crippen LogP contribution in [0.4, 0.5) is 0 Å². The monoisotopic (exact) mass is 671 g/mol. The summed E-state index contributed by atoms with van der Waals surface area (Å²) in [7, 11) is 0. The zero-order chi connectivity index (χ0) is 28.8. The van der Waals surface area contributed by atoms with E-state index in [1.54, 1.807) is 18.2 Å². The van der Waals surface area contributed by atoms with E-state index in [0.29, 0.717) is 38.4 Å². The van der Waals surface area contributed by atoms with Crippen molar-refractivity contribution in [3.8, 4) is 22.9 Å². The number of rotatable bonds is 10. The Balaban J connectivity index is 1.36. The van der Waals surface area contributed by atoms with E-state index in [-0.39, 0.29) is 18.1 Å². The van der Waals surface area contributed by atoms with Crippen molar-refractivity contribution in [3.05, 3.63) is 92.0 Å². The Morgan fingerprint density at radius 1 is 1.00 bits per heavy atom. The number of nitrogens with zero attached hydrogens (tertiary/aromatic N) is 2. The van der Waals surface area contributed by atoms with Gasteiger partial charge < -0.3 is 23.2 Å². The number of hydrogen-bond donors (Lipinski definition) is 1. The van der Waals surface area contributed by atoms with Crippen LogP contribution in [0.3, 0.4) is 0 Å². The number of hydrazone groups is 1. The number of carbonyl (C=O) groups excluding carboxylic acids is 2. The van der Waals surface area contributed by atoms with Gasteiger partial charge in [-0.15, -0.1) is 0 Å². The number of amides is 1. The Labute approximate surface area is 248 Å². The van der Waals surface area contributed by atoms with E-state index in [1.165, 1.54) is 13.1 Å². The molecule has 11 heteroatoms. The fraction of sp³-hybridized carbons (Fsp3) is 0.207. The lowest BCUT2D eigenvalue weighted by Gasteiger charge is -2.14. The van der Waals surface area contributed by atoms with Gasteiger partial charge in [0.2, 0.25) is 0 Å². The van der Waals surface area contributed by atoms with E-state index in [0.717, 1.165) is 17.1 Å². The quantitative estimate of drug-likeness (QED) is 0.0853. The van der Waals surface area contributed by atoms with Crippen molar-refractivity contribution in [2.24, 2.45) is 5.10 Å². The molecule has 4 aromatic rings. The highest BCUT2D eigenvalue weighted by atomic mass is 79.9. The van der Waals surface area contributed by atoms with E-state index in [2.05, 4.69) is 72.9 Å². The molecule has 0 aliphatic rings. The number of aryl methyl sites for hydroxylation is 2. The zero-order valence-corrected chi connectivity index (χ0v) is 25.5. The first-order chi connectivity index (χ1) is 19.2. The minimum absolute atomic E-state index is 0.0881. The van der Waals surface area contributed by atoms with Gasteiger partial charge in [0.1, 0.15) is 18.1 Å².